The van der Waals surface area contributed by atoms with Crippen LogP contribution in [-0.2, 0) is 6.42 Å². The van der Waals surface area contributed by atoms with Crippen molar-refractivity contribution in [2.75, 3.05) is 31.6 Å². The highest BCUT2D eigenvalue weighted by Gasteiger charge is 2.30. The van der Waals surface area contributed by atoms with Crippen molar-refractivity contribution < 1.29 is 0 Å². The molecule has 0 spiro atoms. The number of nitrogens with zero attached hydrogens (tertiary/aromatic N) is 1. The minimum absolute atomic E-state index is 0. The fourth-order valence-electron chi connectivity index (χ4n) is 2.84. The molecule has 0 radical (unpaired) electrons. The minimum Gasteiger partial charge on any atom is -0.374 e. The third kappa shape index (κ3) is 1.75. The van der Waals surface area contributed by atoms with E-state index in [0.29, 0.717) is 5.92 Å². The second-order valence-electron chi connectivity index (χ2n) is 4.49. The summed E-state index contributed by atoms with van der Waals surface area (Å²) in [5.74, 6) is 0.681. The van der Waals surface area contributed by atoms with Crippen LogP contribution in [0.4, 0.5) is 5.69 Å². The Labute approximate surface area is 111 Å². The molecule has 1 unspecified atom stereocenters. The number of rotatable bonds is 0. The van der Waals surface area contributed by atoms with Crippen LogP contribution in [0.3, 0.4) is 0 Å². The first-order chi connectivity index (χ1) is 7.27. The SMILES string of the molecule is CN1CC2CNCCc3c(Br)ccc1c32.Cl. The zero-order valence-corrected chi connectivity index (χ0v) is 11.7. The monoisotopic (exact) mass is 302 g/mol. The molecule has 0 amide bonds. The first-order valence-corrected chi connectivity index (χ1v) is 6.30. The van der Waals surface area contributed by atoms with E-state index in [1.165, 1.54) is 15.7 Å². The maximum Gasteiger partial charge on any atom is 0.0403 e. The Balaban J connectivity index is 0.000000963. The third-order valence-corrected chi connectivity index (χ3v) is 4.28. The summed E-state index contributed by atoms with van der Waals surface area (Å²) in [6.45, 7) is 3.39. The summed E-state index contributed by atoms with van der Waals surface area (Å²) in [6, 6.07) is 4.44. The van der Waals surface area contributed by atoms with Crippen LogP contribution in [-0.4, -0.2) is 26.7 Å². The highest BCUT2D eigenvalue weighted by atomic mass is 79.9. The van der Waals surface area contributed by atoms with Crippen molar-refractivity contribution in [3.8, 4) is 0 Å². The number of hydrogen-bond acceptors (Lipinski definition) is 2. The maximum atomic E-state index is 3.68. The van der Waals surface area contributed by atoms with Gasteiger partial charge in [-0.2, -0.15) is 0 Å². The van der Waals surface area contributed by atoms with Crippen molar-refractivity contribution in [3.05, 3.63) is 27.7 Å². The smallest absolute Gasteiger partial charge is 0.0403 e. The Morgan fingerprint density at radius 3 is 3.06 bits per heavy atom. The topological polar surface area (TPSA) is 15.3 Å². The predicted molar refractivity (Wildman–Crippen MR) is 74.0 cm³/mol. The summed E-state index contributed by atoms with van der Waals surface area (Å²) >= 11 is 3.68. The molecule has 88 valence electrons. The number of halogens is 2. The molecule has 0 aliphatic carbocycles. The standard InChI is InChI=1S/C12H15BrN2.ClH/c1-15-7-8-6-14-5-4-9-10(13)2-3-11(15)12(8)9;/h2-3,8,14H,4-7H2,1H3;1H. The normalized spacial score (nSPS) is 22.4. The van der Waals surface area contributed by atoms with Gasteiger partial charge in [0, 0.05) is 36.2 Å². The van der Waals surface area contributed by atoms with Crippen LogP contribution in [0.15, 0.2) is 16.6 Å². The van der Waals surface area contributed by atoms with Crippen LogP contribution >= 0.6 is 28.3 Å². The van der Waals surface area contributed by atoms with Crippen molar-refractivity contribution in [2.45, 2.75) is 12.3 Å². The Morgan fingerprint density at radius 2 is 2.25 bits per heavy atom. The summed E-state index contributed by atoms with van der Waals surface area (Å²) in [5, 5.41) is 3.53. The lowest BCUT2D eigenvalue weighted by atomic mass is 9.96. The van der Waals surface area contributed by atoms with Crippen LogP contribution in [0.1, 0.15) is 17.0 Å². The lowest BCUT2D eigenvalue weighted by Gasteiger charge is -2.14. The first-order valence-electron chi connectivity index (χ1n) is 5.50. The Bertz CT molecular complexity index is 408. The molecule has 1 aromatic carbocycles. The summed E-state index contributed by atoms with van der Waals surface area (Å²) in [4.78, 5) is 2.38. The van der Waals surface area contributed by atoms with Gasteiger partial charge in [-0.05, 0) is 36.2 Å². The second kappa shape index (κ2) is 4.55. The fourth-order valence-corrected chi connectivity index (χ4v) is 3.39. The van der Waals surface area contributed by atoms with E-state index in [1.807, 2.05) is 0 Å². The molecule has 2 aliphatic rings. The van der Waals surface area contributed by atoms with Crippen molar-refractivity contribution in [1.29, 1.82) is 0 Å². The average Bonchev–Trinajstić information content (AvgIpc) is 2.43. The van der Waals surface area contributed by atoms with Gasteiger partial charge in [-0.15, -0.1) is 12.4 Å². The van der Waals surface area contributed by atoms with Gasteiger partial charge in [-0.25, -0.2) is 0 Å². The van der Waals surface area contributed by atoms with Crippen LogP contribution in [0.25, 0.3) is 0 Å². The molecule has 0 saturated heterocycles. The minimum atomic E-state index is 0. The lowest BCUT2D eigenvalue weighted by Crippen LogP contribution is -2.24. The van der Waals surface area contributed by atoms with Gasteiger partial charge in [0.1, 0.15) is 0 Å². The first kappa shape index (κ1) is 12.2. The van der Waals surface area contributed by atoms with E-state index in [0.717, 1.165) is 26.1 Å². The molecule has 1 atom stereocenters. The van der Waals surface area contributed by atoms with E-state index < -0.39 is 0 Å². The van der Waals surface area contributed by atoms with Crippen molar-refractivity contribution in [3.63, 3.8) is 0 Å². The Morgan fingerprint density at radius 1 is 1.44 bits per heavy atom. The molecular weight excluding hydrogens is 288 g/mol. The quantitative estimate of drug-likeness (QED) is 0.792. The highest BCUT2D eigenvalue weighted by molar-refractivity contribution is 9.10. The van der Waals surface area contributed by atoms with Gasteiger partial charge in [0.05, 0.1) is 0 Å². The van der Waals surface area contributed by atoms with Crippen LogP contribution in [0.5, 0.6) is 0 Å². The van der Waals surface area contributed by atoms with Crippen LogP contribution < -0.4 is 10.2 Å². The van der Waals surface area contributed by atoms with Gasteiger partial charge >= 0.3 is 0 Å². The van der Waals surface area contributed by atoms with Crippen LogP contribution in [0.2, 0.25) is 0 Å². The molecule has 2 heterocycles. The van der Waals surface area contributed by atoms with E-state index in [-0.39, 0.29) is 12.4 Å². The van der Waals surface area contributed by atoms with E-state index in [2.05, 4.69) is 45.3 Å². The van der Waals surface area contributed by atoms with Gasteiger partial charge in [-0.1, -0.05) is 15.9 Å². The molecule has 1 N–H and O–H groups in total. The largest absolute Gasteiger partial charge is 0.374 e. The molecule has 2 aliphatic heterocycles. The molecular formula is C12H16BrClN2. The lowest BCUT2D eigenvalue weighted by molar-refractivity contribution is 0.625. The molecule has 0 bridgehead atoms. The summed E-state index contributed by atoms with van der Waals surface area (Å²) < 4.78 is 1.28. The predicted octanol–water partition coefficient (Wildman–Crippen LogP) is 2.55. The molecule has 0 saturated carbocycles. The average molecular weight is 304 g/mol. The molecule has 4 heteroatoms. The van der Waals surface area contributed by atoms with E-state index in [9.17, 15) is 0 Å². The number of anilines is 1. The zero-order chi connectivity index (χ0) is 10.4. The number of benzene rings is 1. The van der Waals surface area contributed by atoms with Gasteiger partial charge in [0.2, 0.25) is 0 Å². The molecule has 1 aromatic rings. The summed E-state index contributed by atoms with van der Waals surface area (Å²) in [5.41, 5.74) is 4.53. The number of hydrogen-bond donors (Lipinski definition) is 1. The van der Waals surface area contributed by atoms with Crippen molar-refractivity contribution in [2.24, 2.45) is 0 Å². The Hall–Kier alpha value is -0.250. The van der Waals surface area contributed by atoms with Crippen molar-refractivity contribution in [1.82, 2.24) is 5.32 Å². The van der Waals surface area contributed by atoms with Crippen molar-refractivity contribution >= 4 is 34.0 Å². The molecule has 0 fully saturated rings. The second-order valence-corrected chi connectivity index (χ2v) is 5.34. The van der Waals surface area contributed by atoms with Gasteiger partial charge in [0.15, 0.2) is 0 Å². The fraction of sp³-hybridized carbons (Fsp3) is 0.500. The Kier molecular flexibility index (Phi) is 3.48. The van der Waals surface area contributed by atoms with Crippen LogP contribution in [0, 0.1) is 0 Å². The number of likely N-dealkylation sites (N-methyl/N-ethyl adjacent to an activating group) is 1. The molecule has 3 rings (SSSR count). The highest BCUT2D eigenvalue weighted by Crippen LogP contribution is 2.41. The maximum absolute atomic E-state index is 3.68. The summed E-state index contributed by atoms with van der Waals surface area (Å²) in [7, 11) is 2.19. The summed E-state index contributed by atoms with van der Waals surface area (Å²) in [6.07, 6.45) is 1.15. The zero-order valence-electron chi connectivity index (χ0n) is 9.29. The van der Waals surface area contributed by atoms with Gasteiger partial charge in [-0.3, -0.25) is 0 Å². The van der Waals surface area contributed by atoms with Gasteiger partial charge in [0.25, 0.3) is 0 Å². The van der Waals surface area contributed by atoms with E-state index in [1.54, 1.807) is 5.56 Å². The van der Waals surface area contributed by atoms with E-state index in [4.69, 9.17) is 0 Å². The molecule has 0 aromatic heterocycles. The number of nitrogens with one attached hydrogen (secondary N) is 1. The van der Waals surface area contributed by atoms with Gasteiger partial charge < -0.3 is 10.2 Å². The third-order valence-electron chi connectivity index (χ3n) is 3.53. The molecule has 2 nitrogen and oxygen atoms in total. The van der Waals surface area contributed by atoms with E-state index >= 15 is 0 Å². The molecule has 16 heavy (non-hydrogen) atoms.